The molecule has 4 aromatic rings. The molecular formula is C23H17ClN2O2. The molecule has 0 spiro atoms. The van der Waals surface area contributed by atoms with E-state index in [-0.39, 0.29) is 12.3 Å². The number of amides is 1. The molecule has 0 fully saturated rings. The summed E-state index contributed by atoms with van der Waals surface area (Å²) in [6, 6.07) is 24.2. The van der Waals surface area contributed by atoms with Gasteiger partial charge in [0.1, 0.15) is 5.75 Å². The number of para-hydroxylation sites is 4. The maximum absolute atomic E-state index is 12.7. The lowest BCUT2D eigenvalue weighted by atomic mass is 10.1. The Morgan fingerprint density at radius 2 is 1.64 bits per heavy atom. The van der Waals surface area contributed by atoms with Crippen LogP contribution in [0.2, 0.25) is 5.02 Å². The van der Waals surface area contributed by atoms with E-state index in [1.54, 1.807) is 30.5 Å². The monoisotopic (exact) mass is 388 g/mol. The van der Waals surface area contributed by atoms with E-state index < -0.39 is 0 Å². The zero-order valence-electron chi connectivity index (χ0n) is 14.9. The van der Waals surface area contributed by atoms with Crippen molar-refractivity contribution >= 4 is 34.1 Å². The molecule has 0 unspecified atom stereocenters. The third-order valence-corrected chi connectivity index (χ3v) is 4.60. The van der Waals surface area contributed by atoms with E-state index in [1.165, 1.54) is 0 Å². The first-order valence-electron chi connectivity index (χ1n) is 8.84. The van der Waals surface area contributed by atoms with Gasteiger partial charge in [0.15, 0.2) is 5.75 Å². The Morgan fingerprint density at radius 3 is 2.50 bits per heavy atom. The number of anilines is 1. The van der Waals surface area contributed by atoms with Crippen LogP contribution in [0.4, 0.5) is 5.69 Å². The normalized spacial score (nSPS) is 10.6. The average molecular weight is 389 g/mol. The fourth-order valence-electron chi connectivity index (χ4n) is 2.98. The molecule has 1 amide bonds. The van der Waals surface area contributed by atoms with Crippen molar-refractivity contribution < 1.29 is 9.53 Å². The van der Waals surface area contributed by atoms with Crippen molar-refractivity contribution in [2.75, 3.05) is 5.32 Å². The topological polar surface area (TPSA) is 51.2 Å². The maximum atomic E-state index is 12.7. The van der Waals surface area contributed by atoms with Gasteiger partial charge in [-0.3, -0.25) is 9.78 Å². The van der Waals surface area contributed by atoms with E-state index in [1.807, 2.05) is 54.6 Å². The van der Waals surface area contributed by atoms with Crippen molar-refractivity contribution in [3.05, 3.63) is 95.6 Å². The summed E-state index contributed by atoms with van der Waals surface area (Å²) in [5.74, 6) is 0.914. The van der Waals surface area contributed by atoms with E-state index in [0.29, 0.717) is 22.2 Å². The molecule has 4 nitrogen and oxygen atoms in total. The third-order valence-electron chi connectivity index (χ3n) is 4.29. The number of hydrogen-bond donors (Lipinski definition) is 1. The van der Waals surface area contributed by atoms with Crippen LogP contribution in [0.1, 0.15) is 5.56 Å². The second-order valence-electron chi connectivity index (χ2n) is 6.25. The number of ether oxygens (including phenoxy) is 1. The Morgan fingerprint density at radius 1 is 0.893 bits per heavy atom. The van der Waals surface area contributed by atoms with E-state index in [2.05, 4.69) is 10.3 Å². The number of nitrogens with zero attached hydrogens (tertiary/aromatic N) is 1. The van der Waals surface area contributed by atoms with Crippen LogP contribution in [0.25, 0.3) is 10.9 Å². The molecule has 0 bridgehead atoms. The predicted octanol–water partition coefficient (Wildman–Crippen LogP) is 5.86. The number of aromatic nitrogens is 1. The molecule has 0 saturated heterocycles. The van der Waals surface area contributed by atoms with Crippen LogP contribution in [0.5, 0.6) is 11.5 Å². The van der Waals surface area contributed by atoms with Gasteiger partial charge in [-0.15, -0.1) is 0 Å². The van der Waals surface area contributed by atoms with Crippen molar-refractivity contribution in [2.45, 2.75) is 6.42 Å². The molecule has 138 valence electrons. The number of benzene rings is 3. The molecule has 28 heavy (non-hydrogen) atoms. The molecule has 1 heterocycles. The third kappa shape index (κ3) is 3.97. The zero-order chi connectivity index (χ0) is 19.3. The molecule has 0 saturated carbocycles. The molecular weight excluding hydrogens is 372 g/mol. The van der Waals surface area contributed by atoms with Crippen LogP contribution < -0.4 is 10.1 Å². The maximum Gasteiger partial charge on any atom is 0.228 e. The lowest BCUT2D eigenvalue weighted by Crippen LogP contribution is -2.15. The van der Waals surface area contributed by atoms with Gasteiger partial charge in [-0.2, -0.15) is 0 Å². The number of rotatable bonds is 5. The molecule has 1 aromatic heterocycles. The fourth-order valence-corrected chi connectivity index (χ4v) is 3.16. The van der Waals surface area contributed by atoms with Gasteiger partial charge in [0.25, 0.3) is 0 Å². The van der Waals surface area contributed by atoms with Crippen molar-refractivity contribution in [3.8, 4) is 11.5 Å². The molecule has 0 radical (unpaired) electrons. The molecule has 5 heteroatoms. The standard InChI is InChI=1S/C23H17ClN2O2/c24-18-10-1-3-12-20(18)28-21-13-4-2-11-19(21)26-22(27)15-17-8-5-7-16-9-6-14-25-23(16)17/h1-14H,15H2,(H,26,27). The summed E-state index contributed by atoms with van der Waals surface area (Å²) < 4.78 is 5.90. The number of hydrogen-bond acceptors (Lipinski definition) is 3. The summed E-state index contributed by atoms with van der Waals surface area (Å²) in [4.78, 5) is 17.1. The van der Waals surface area contributed by atoms with Crippen molar-refractivity contribution in [3.63, 3.8) is 0 Å². The summed E-state index contributed by atoms with van der Waals surface area (Å²) in [6.07, 6.45) is 1.95. The van der Waals surface area contributed by atoms with Crippen LogP contribution in [0.15, 0.2) is 85.1 Å². The summed E-state index contributed by atoms with van der Waals surface area (Å²) in [6.45, 7) is 0. The average Bonchev–Trinajstić information content (AvgIpc) is 2.71. The van der Waals surface area contributed by atoms with E-state index in [4.69, 9.17) is 16.3 Å². The van der Waals surface area contributed by atoms with E-state index in [0.717, 1.165) is 16.5 Å². The Kier molecular flexibility index (Phi) is 5.22. The first kappa shape index (κ1) is 18.0. The van der Waals surface area contributed by atoms with Gasteiger partial charge in [-0.05, 0) is 35.9 Å². The second-order valence-corrected chi connectivity index (χ2v) is 6.65. The van der Waals surface area contributed by atoms with E-state index >= 15 is 0 Å². The predicted molar refractivity (Wildman–Crippen MR) is 112 cm³/mol. The second kappa shape index (κ2) is 8.11. The van der Waals surface area contributed by atoms with Crippen LogP contribution >= 0.6 is 11.6 Å². The largest absolute Gasteiger partial charge is 0.454 e. The zero-order valence-corrected chi connectivity index (χ0v) is 15.7. The summed E-state index contributed by atoms with van der Waals surface area (Å²) in [5, 5.41) is 4.44. The summed E-state index contributed by atoms with van der Waals surface area (Å²) >= 11 is 6.18. The number of carbonyl (C=O) groups is 1. The van der Waals surface area contributed by atoms with E-state index in [9.17, 15) is 4.79 Å². The molecule has 0 aliphatic carbocycles. The minimum Gasteiger partial charge on any atom is -0.454 e. The summed E-state index contributed by atoms with van der Waals surface area (Å²) in [7, 11) is 0. The van der Waals surface area contributed by atoms with Gasteiger partial charge in [0, 0.05) is 11.6 Å². The van der Waals surface area contributed by atoms with Gasteiger partial charge >= 0.3 is 0 Å². The van der Waals surface area contributed by atoms with Gasteiger partial charge < -0.3 is 10.1 Å². The van der Waals surface area contributed by atoms with Gasteiger partial charge in [-0.1, -0.05) is 60.1 Å². The highest BCUT2D eigenvalue weighted by Crippen LogP contribution is 2.33. The van der Waals surface area contributed by atoms with Crippen LogP contribution in [0, 0.1) is 0 Å². The number of pyridine rings is 1. The van der Waals surface area contributed by atoms with Gasteiger partial charge in [0.05, 0.1) is 22.6 Å². The minimum absolute atomic E-state index is 0.145. The number of nitrogens with one attached hydrogen (secondary N) is 1. The highest BCUT2D eigenvalue weighted by Gasteiger charge is 2.12. The number of carbonyl (C=O) groups excluding carboxylic acids is 1. The van der Waals surface area contributed by atoms with Gasteiger partial charge in [-0.25, -0.2) is 0 Å². The number of halogens is 1. The Labute approximate surface area is 167 Å². The SMILES string of the molecule is O=C(Cc1cccc2cccnc12)Nc1ccccc1Oc1ccccc1Cl. The van der Waals surface area contributed by atoms with Crippen LogP contribution in [0.3, 0.4) is 0 Å². The fraction of sp³-hybridized carbons (Fsp3) is 0.0435. The van der Waals surface area contributed by atoms with Crippen LogP contribution in [-0.2, 0) is 11.2 Å². The van der Waals surface area contributed by atoms with Gasteiger partial charge in [0.2, 0.25) is 5.91 Å². The molecule has 1 N–H and O–H groups in total. The highest BCUT2D eigenvalue weighted by molar-refractivity contribution is 6.32. The molecule has 4 rings (SSSR count). The molecule has 0 aliphatic heterocycles. The molecule has 0 aliphatic rings. The van der Waals surface area contributed by atoms with Crippen molar-refractivity contribution in [1.82, 2.24) is 4.98 Å². The Hall–Kier alpha value is -3.37. The first-order chi connectivity index (χ1) is 13.7. The first-order valence-corrected chi connectivity index (χ1v) is 9.22. The molecule has 0 atom stereocenters. The van der Waals surface area contributed by atoms with Crippen molar-refractivity contribution in [2.24, 2.45) is 0 Å². The Balaban J connectivity index is 1.54. The minimum atomic E-state index is -0.145. The Bertz CT molecular complexity index is 1140. The highest BCUT2D eigenvalue weighted by atomic mass is 35.5. The number of fused-ring (bicyclic) bond motifs is 1. The van der Waals surface area contributed by atoms with Crippen molar-refractivity contribution in [1.29, 1.82) is 0 Å². The smallest absolute Gasteiger partial charge is 0.228 e. The lowest BCUT2D eigenvalue weighted by Gasteiger charge is -2.13. The summed E-state index contributed by atoms with van der Waals surface area (Å²) in [5.41, 5.74) is 2.29. The lowest BCUT2D eigenvalue weighted by molar-refractivity contribution is -0.115. The molecule has 3 aromatic carbocycles. The quantitative estimate of drug-likeness (QED) is 0.465. The van der Waals surface area contributed by atoms with Crippen LogP contribution in [-0.4, -0.2) is 10.9 Å².